The Hall–Kier alpha value is -3.22. The Morgan fingerprint density at radius 2 is 1.88 bits per heavy atom. The Bertz CT molecular complexity index is 806. The van der Waals surface area contributed by atoms with Gasteiger partial charge in [0.1, 0.15) is 28.6 Å². The molecule has 7 heteroatoms. The van der Waals surface area contributed by atoms with Crippen LogP contribution in [0.3, 0.4) is 0 Å². The van der Waals surface area contributed by atoms with Gasteiger partial charge in [-0.15, -0.1) is 0 Å². The van der Waals surface area contributed by atoms with Gasteiger partial charge in [-0.2, -0.15) is 0 Å². The Morgan fingerprint density at radius 1 is 1.12 bits per heavy atom. The van der Waals surface area contributed by atoms with Crippen LogP contribution >= 0.6 is 0 Å². The number of esters is 1. The van der Waals surface area contributed by atoms with Gasteiger partial charge in [-0.3, -0.25) is 4.79 Å². The molecule has 132 valence electrons. The molecule has 0 spiro atoms. The number of methoxy groups -OCH3 is 3. The molecule has 0 saturated carbocycles. The van der Waals surface area contributed by atoms with Crippen LogP contribution in [-0.4, -0.2) is 33.2 Å². The summed E-state index contributed by atoms with van der Waals surface area (Å²) in [7, 11) is 4.33. The van der Waals surface area contributed by atoms with Crippen LogP contribution in [0.4, 0.5) is 5.69 Å². The number of hydrogen-bond acceptors (Lipinski definition) is 6. The quantitative estimate of drug-likeness (QED) is 0.640. The van der Waals surface area contributed by atoms with Crippen molar-refractivity contribution in [2.75, 3.05) is 26.6 Å². The van der Waals surface area contributed by atoms with Gasteiger partial charge in [-0.25, -0.2) is 4.79 Å². The number of carbonyl (C=O) groups excluding carboxylic acids is 2. The first-order chi connectivity index (χ1) is 12.0. The number of hydrogen-bond donors (Lipinski definition) is 1. The second-order valence-corrected chi connectivity index (χ2v) is 5.00. The summed E-state index contributed by atoms with van der Waals surface area (Å²) in [5, 5.41) is 2.70. The summed E-state index contributed by atoms with van der Waals surface area (Å²) in [5.41, 5.74) is 0.791. The van der Waals surface area contributed by atoms with E-state index >= 15 is 0 Å². The molecule has 0 radical (unpaired) electrons. The first-order valence-electron chi connectivity index (χ1n) is 7.38. The Morgan fingerprint density at radius 3 is 2.52 bits per heavy atom. The van der Waals surface area contributed by atoms with E-state index in [0.717, 1.165) is 0 Å². The largest absolute Gasteiger partial charge is 0.497 e. The molecule has 1 aromatic carbocycles. The van der Waals surface area contributed by atoms with Gasteiger partial charge < -0.3 is 23.9 Å². The zero-order chi connectivity index (χ0) is 18.4. The maximum atomic E-state index is 12.1. The van der Waals surface area contributed by atoms with Crippen LogP contribution in [0, 0.1) is 6.92 Å². The number of rotatable bonds is 6. The summed E-state index contributed by atoms with van der Waals surface area (Å²) in [6, 6.07) is 6.58. The van der Waals surface area contributed by atoms with Gasteiger partial charge >= 0.3 is 5.97 Å². The average molecular weight is 345 g/mol. The molecule has 2 rings (SSSR count). The minimum absolute atomic E-state index is 0.317. The molecular formula is C18H19NO6. The molecule has 0 aliphatic rings. The first-order valence-corrected chi connectivity index (χ1v) is 7.38. The van der Waals surface area contributed by atoms with Crippen LogP contribution in [-0.2, 0) is 9.53 Å². The van der Waals surface area contributed by atoms with Gasteiger partial charge in [-0.05, 0) is 31.2 Å². The highest BCUT2D eigenvalue weighted by Crippen LogP contribution is 2.28. The van der Waals surface area contributed by atoms with Gasteiger partial charge in [0.25, 0.3) is 0 Å². The number of nitrogens with one attached hydrogen (secondary N) is 1. The van der Waals surface area contributed by atoms with Crippen molar-refractivity contribution in [2.24, 2.45) is 0 Å². The van der Waals surface area contributed by atoms with Crippen LogP contribution in [0.1, 0.15) is 21.9 Å². The molecule has 0 fully saturated rings. The first kappa shape index (κ1) is 18.1. The topological polar surface area (TPSA) is 87.0 Å². The molecule has 7 nitrogen and oxygen atoms in total. The van der Waals surface area contributed by atoms with Crippen molar-refractivity contribution in [3.8, 4) is 11.5 Å². The van der Waals surface area contributed by atoms with Crippen LogP contribution in [0.2, 0.25) is 0 Å². The Balaban J connectivity index is 2.12. The van der Waals surface area contributed by atoms with Gasteiger partial charge in [0.2, 0.25) is 5.91 Å². The third-order valence-electron chi connectivity index (χ3n) is 3.41. The molecule has 25 heavy (non-hydrogen) atoms. The number of carbonyl (C=O) groups is 2. The zero-order valence-corrected chi connectivity index (χ0v) is 14.4. The summed E-state index contributed by atoms with van der Waals surface area (Å²) in [4.78, 5) is 23.7. The third kappa shape index (κ3) is 4.41. The van der Waals surface area contributed by atoms with E-state index in [1.807, 2.05) is 0 Å². The van der Waals surface area contributed by atoms with Crippen molar-refractivity contribution < 1.29 is 28.2 Å². The highest BCUT2D eigenvalue weighted by molar-refractivity contribution is 6.03. The molecular weight excluding hydrogens is 326 g/mol. The normalized spacial score (nSPS) is 10.6. The molecule has 0 aliphatic heterocycles. The van der Waals surface area contributed by atoms with E-state index in [1.54, 1.807) is 25.1 Å². The smallest absolute Gasteiger partial charge is 0.341 e. The molecule has 0 atom stereocenters. The maximum Gasteiger partial charge on any atom is 0.341 e. The lowest BCUT2D eigenvalue weighted by molar-refractivity contribution is -0.111. The van der Waals surface area contributed by atoms with Crippen LogP contribution in [0.5, 0.6) is 11.5 Å². The third-order valence-corrected chi connectivity index (χ3v) is 3.41. The second-order valence-electron chi connectivity index (χ2n) is 5.00. The van der Waals surface area contributed by atoms with Crippen molar-refractivity contribution in [3.05, 3.63) is 47.4 Å². The number of furan rings is 1. The van der Waals surface area contributed by atoms with Gasteiger partial charge in [-0.1, -0.05) is 0 Å². The molecule has 0 unspecified atom stereocenters. The SMILES string of the molecule is COC(=O)c1cc(/C=C/C(=O)Nc2cc(OC)ccc2OC)oc1C. The summed E-state index contributed by atoms with van der Waals surface area (Å²) in [5.74, 6) is 0.993. The van der Waals surface area contributed by atoms with E-state index in [9.17, 15) is 9.59 Å². The molecule has 0 saturated heterocycles. The minimum Gasteiger partial charge on any atom is -0.497 e. The molecule has 1 heterocycles. The highest BCUT2D eigenvalue weighted by atomic mass is 16.5. The fourth-order valence-corrected chi connectivity index (χ4v) is 2.14. The minimum atomic E-state index is -0.494. The second kappa shape index (κ2) is 8.05. The Kier molecular flexibility index (Phi) is 5.84. The summed E-state index contributed by atoms with van der Waals surface area (Å²) in [6.45, 7) is 1.64. The predicted octanol–water partition coefficient (Wildman–Crippen LogP) is 3.04. The van der Waals surface area contributed by atoms with Gasteiger partial charge in [0.05, 0.1) is 27.0 Å². The van der Waals surface area contributed by atoms with E-state index < -0.39 is 5.97 Å². The fraction of sp³-hybridized carbons (Fsp3) is 0.222. The standard InChI is InChI=1S/C18H19NO6/c1-11-14(18(21)24-4)9-13(25-11)6-8-17(20)19-15-10-12(22-2)5-7-16(15)23-3/h5-10H,1-4H3,(H,19,20)/b8-6+. The lowest BCUT2D eigenvalue weighted by Crippen LogP contribution is -2.09. The number of amides is 1. The summed E-state index contributed by atoms with van der Waals surface area (Å²) < 4.78 is 20.4. The number of anilines is 1. The van der Waals surface area contributed by atoms with Crippen molar-refractivity contribution in [1.29, 1.82) is 0 Å². The average Bonchev–Trinajstić information content (AvgIpc) is 3.00. The monoisotopic (exact) mass is 345 g/mol. The van der Waals surface area contributed by atoms with Crippen LogP contribution < -0.4 is 14.8 Å². The summed E-state index contributed by atoms with van der Waals surface area (Å²) in [6.07, 6.45) is 2.75. The predicted molar refractivity (Wildman–Crippen MR) is 92.0 cm³/mol. The lowest BCUT2D eigenvalue weighted by Gasteiger charge is -2.10. The number of benzene rings is 1. The molecule has 1 N–H and O–H groups in total. The highest BCUT2D eigenvalue weighted by Gasteiger charge is 2.14. The van der Waals surface area contributed by atoms with Crippen molar-refractivity contribution in [2.45, 2.75) is 6.92 Å². The Labute approximate surface area is 145 Å². The van der Waals surface area contributed by atoms with Crippen molar-refractivity contribution in [3.63, 3.8) is 0 Å². The van der Waals surface area contributed by atoms with Crippen molar-refractivity contribution in [1.82, 2.24) is 0 Å². The number of ether oxygens (including phenoxy) is 3. The van der Waals surface area contributed by atoms with E-state index in [1.165, 1.54) is 39.5 Å². The van der Waals surface area contributed by atoms with E-state index in [4.69, 9.17) is 13.9 Å². The van der Waals surface area contributed by atoms with E-state index in [-0.39, 0.29) is 5.91 Å². The molecule has 0 bridgehead atoms. The molecule has 0 aliphatic carbocycles. The summed E-state index contributed by atoms with van der Waals surface area (Å²) >= 11 is 0. The van der Waals surface area contributed by atoms with Gasteiger partial charge in [0.15, 0.2) is 0 Å². The van der Waals surface area contributed by atoms with E-state index in [0.29, 0.717) is 34.3 Å². The van der Waals surface area contributed by atoms with Crippen LogP contribution in [0.15, 0.2) is 34.8 Å². The molecule has 1 aromatic heterocycles. The lowest BCUT2D eigenvalue weighted by atomic mass is 10.2. The maximum absolute atomic E-state index is 12.1. The zero-order valence-electron chi connectivity index (χ0n) is 14.4. The molecule has 1 amide bonds. The van der Waals surface area contributed by atoms with E-state index in [2.05, 4.69) is 10.1 Å². The molecule has 2 aromatic rings. The number of aryl methyl sites for hydroxylation is 1. The fourth-order valence-electron chi connectivity index (χ4n) is 2.14. The van der Waals surface area contributed by atoms with Crippen molar-refractivity contribution >= 4 is 23.6 Å². The van der Waals surface area contributed by atoms with Gasteiger partial charge in [0, 0.05) is 12.1 Å². The van der Waals surface area contributed by atoms with Crippen LogP contribution in [0.25, 0.3) is 6.08 Å².